The van der Waals surface area contributed by atoms with Crippen LogP contribution in [0.15, 0.2) is 12.1 Å². The fraction of sp³-hybridized carbons (Fsp3) is 0.556. The van der Waals surface area contributed by atoms with E-state index in [0.29, 0.717) is 42.6 Å². The number of carboxylic acids is 1. The molecule has 1 unspecified atom stereocenters. The first-order chi connectivity index (χ1) is 12.4. The lowest BCUT2D eigenvalue weighted by Crippen LogP contribution is -2.30. The highest BCUT2D eigenvalue weighted by atomic mass is 16.5. The van der Waals surface area contributed by atoms with E-state index in [1.54, 1.807) is 12.1 Å². The lowest BCUT2D eigenvalue weighted by molar-refractivity contribution is -0.148. The van der Waals surface area contributed by atoms with Crippen LogP contribution in [0.3, 0.4) is 0 Å². The molecule has 8 nitrogen and oxygen atoms in total. The minimum atomic E-state index is -1.05. The van der Waals surface area contributed by atoms with Crippen molar-refractivity contribution in [3.63, 3.8) is 0 Å². The van der Waals surface area contributed by atoms with Gasteiger partial charge < -0.3 is 29.4 Å². The third-order valence-corrected chi connectivity index (χ3v) is 3.27. The van der Waals surface area contributed by atoms with Crippen molar-refractivity contribution >= 4 is 11.9 Å². The van der Waals surface area contributed by atoms with E-state index in [1.165, 1.54) is 6.92 Å². The summed E-state index contributed by atoms with van der Waals surface area (Å²) in [7, 11) is 0. The van der Waals surface area contributed by atoms with Crippen molar-refractivity contribution in [1.29, 1.82) is 0 Å². The predicted molar refractivity (Wildman–Crippen MR) is 95.3 cm³/mol. The second kappa shape index (κ2) is 11.2. The van der Waals surface area contributed by atoms with Gasteiger partial charge in [-0.15, -0.1) is 0 Å². The smallest absolute Gasteiger partial charge is 0.332 e. The summed E-state index contributed by atoms with van der Waals surface area (Å²) in [4.78, 5) is 23.1. The maximum absolute atomic E-state index is 12.4. The van der Waals surface area contributed by atoms with Gasteiger partial charge in [-0.1, -0.05) is 0 Å². The number of amides is 1. The van der Waals surface area contributed by atoms with Gasteiger partial charge in [0.05, 0.1) is 26.4 Å². The van der Waals surface area contributed by atoms with Crippen molar-refractivity contribution in [2.45, 2.75) is 33.8 Å². The number of hydrogen-bond acceptors (Lipinski definition) is 6. The minimum Gasteiger partial charge on any atom is -0.490 e. The van der Waals surface area contributed by atoms with E-state index in [1.807, 2.05) is 20.8 Å². The third kappa shape index (κ3) is 6.44. The largest absolute Gasteiger partial charge is 0.490 e. The van der Waals surface area contributed by atoms with Crippen LogP contribution in [0.25, 0.3) is 0 Å². The Bertz CT molecular complexity index is 576. The summed E-state index contributed by atoms with van der Waals surface area (Å²) in [6.07, 6.45) is -0.925. The average Bonchev–Trinajstić information content (AvgIpc) is 2.61. The highest BCUT2D eigenvalue weighted by Crippen LogP contribution is 2.39. The van der Waals surface area contributed by atoms with Gasteiger partial charge in [-0.3, -0.25) is 4.79 Å². The normalized spacial score (nSPS) is 11.5. The molecule has 1 rings (SSSR count). The molecule has 0 aromatic heterocycles. The second-order valence-electron chi connectivity index (χ2n) is 5.21. The second-order valence-corrected chi connectivity index (χ2v) is 5.21. The number of carbonyl (C=O) groups is 2. The van der Waals surface area contributed by atoms with Crippen LogP contribution in [0.5, 0.6) is 17.2 Å². The maximum Gasteiger partial charge on any atom is 0.332 e. The number of carboxylic acid groups (broad SMARTS) is 1. The molecule has 0 spiro atoms. The first kappa shape index (κ1) is 21.6. The van der Waals surface area contributed by atoms with Gasteiger partial charge in [0.25, 0.3) is 5.91 Å². The summed E-state index contributed by atoms with van der Waals surface area (Å²) in [5.41, 5.74) is 0.353. The van der Waals surface area contributed by atoms with E-state index in [-0.39, 0.29) is 19.1 Å². The Labute approximate surface area is 153 Å². The van der Waals surface area contributed by atoms with Crippen molar-refractivity contribution in [3.8, 4) is 17.2 Å². The highest BCUT2D eigenvalue weighted by molar-refractivity contribution is 5.95. The van der Waals surface area contributed by atoms with Crippen molar-refractivity contribution in [2.75, 3.05) is 33.0 Å². The molecule has 0 radical (unpaired) electrons. The van der Waals surface area contributed by atoms with Gasteiger partial charge in [0.2, 0.25) is 5.75 Å². The molecule has 26 heavy (non-hydrogen) atoms. The summed E-state index contributed by atoms with van der Waals surface area (Å²) >= 11 is 0. The van der Waals surface area contributed by atoms with Crippen LogP contribution < -0.4 is 19.5 Å². The summed E-state index contributed by atoms with van der Waals surface area (Å²) in [6, 6.07) is 3.18. The fourth-order valence-electron chi connectivity index (χ4n) is 2.09. The van der Waals surface area contributed by atoms with Crippen LogP contribution in [0.2, 0.25) is 0 Å². The molecule has 0 saturated heterocycles. The summed E-state index contributed by atoms with van der Waals surface area (Å²) < 4.78 is 21.8. The lowest BCUT2D eigenvalue weighted by Gasteiger charge is -2.17. The van der Waals surface area contributed by atoms with Gasteiger partial charge in [-0.05, 0) is 39.8 Å². The molecular weight excluding hydrogens is 342 g/mol. The van der Waals surface area contributed by atoms with Crippen molar-refractivity contribution in [1.82, 2.24) is 5.32 Å². The summed E-state index contributed by atoms with van der Waals surface area (Å²) in [5, 5.41) is 11.4. The number of benzene rings is 1. The third-order valence-electron chi connectivity index (χ3n) is 3.27. The zero-order valence-corrected chi connectivity index (χ0v) is 15.7. The predicted octanol–water partition coefficient (Wildman–Crippen LogP) is 2.10. The fourth-order valence-corrected chi connectivity index (χ4v) is 2.09. The molecule has 0 aliphatic carbocycles. The molecule has 1 aromatic rings. The standard InChI is InChI=1S/C18H27NO7/c1-5-23-14-10-13(11-15(24-6-2)16(14)25-7-3)17(20)19-8-9-26-12(4)18(21)22/h10-12H,5-9H2,1-4H3,(H,19,20)(H,21,22). The molecule has 0 bridgehead atoms. The van der Waals surface area contributed by atoms with Crippen LogP contribution >= 0.6 is 0 Å². The van der Waals surface area contributed by atoms with Crippen molar-refractivity contribution in [3.05, 3.63) is 17.7 Å². The molecule has 0 heterocycles. The molecule has 1 aromatic carbocycles. The zero-order valence-electron chi connectivity index (χ0n) is 15.7. The van der Waals surface area contributed by atoms with E-state index >= 15 is 0 Å². The van der Waals surface area contributed by atoms with Gasteiger partial charge in [-0.25, -0.2) is 4.79 Å². The highest BCUT2D eigenvalue weighted by Gasteiger charge is 2.18. The molecule has 8 heteroatoms. The van der Waals surface area contributed by atoms with E-state index in [0.717, 1.165) is 0 Å². The summed E-state index contributed by atoms with van der Waals surface area (Å²) in [6.45, 7) is 8.49. The van der Waals surface area contributed by atoms with Crippen LogP contribution in [0, 0.1) is 0 Å². The molecule has 1 atom stereocenters. The molecular formula is C18H27NO7. The van der Waals surface area contributed by atoms with Crippen LogP contribution in [-0.2, 0) is 9.53 Å². The first-order valence-corrected chi connectivity index (χ1v) is 8.63. The molecule has 1 amide bonds. The van der Waals surface area contributed by atoms with Crippen LogP contribution in [0.1, 0.15) is 38.1 Å². The van der Waals surface area contributed by atoms with Gasteiger partial charge in [0.1, 0.15) is 0 Å². The zero-order chi connectivity index (χ0) is 19.5. The van der Waals surface area contributed by atoms with Gasteiger partial charge >= 0.3 is 5.97 Å². The number of ether oxygens (including phenoxy) is 4. The van der Waals surface area contributed by atoms with Crippen molar-refractivity contribution < 1.29 is 33.6 Å². The van der Waals surface area contributed by atoms with Gasteiger partial charge in [0, 0.05) is 12.1 Å². The average molecular weight is 369 g/mol. The van der Waals surface area contributed by atoms with Crippen LogP contribution in [-0.4, -0.2) is 56.1 Å². The Morgan fingerprint density at radius 1 is 1.04 bits per heavy atom. The summed E-state index contributed by atoms with van der Waals surface area (Å²) in [5.74, 6) is -0.0687. The van der Waals surface area contributed by atoms with Gasteiger partial charge in [0.15, 0.2) is 17.6 Å². The lowest BCUT2D eigenvalue weighted by atomic mass is 10.1. The molecule has 0 saturated carbocycles. The quantitative estimate of drug-likeness (QED) is 0.544. The Morgan fingerprint density at radius 3 is 2.04 bits per heavy atom. The van der Waals surface area contributed by atoms with E-state index < -0.39 is 12.1 Å². The molecule has 0 fully saturated rings. The topological polar surface area (TPSA) is 103 Å². The monoisotopic (exact) mass is 369 g/mol. The Morgan fingerprint density at radius 2 is 1.58 bits per heavy atom. The Kier molecular flexibility index (Phi) is 9.29. The number of rotatable bonds is 12. The molecule has 2 N–H and O–H groups in total. The first-order valence-electron chi connectivity index (χ1n) is 8.63. The Balaban J connectivity index is 2.86. The van der Waals surface area contributed by atoms with E-state index in [4.69, 9.17) is 24.1 Å². The van der Waals surface area contributed by atoms with Crippen LogP contribution in [0.4, 0.5) is 0 Å². The number of aliphatic carboxylic acids is 1. The van der Waals surface area contributed by atoms with E-state index in [2.05, 4.69) is 5.32 Å². The number of carbonyl (C=O) groups excluding carboxylic acids is 1. The molecule has 146 valence electrons. The SMILES string of the molecule is CCOc1cc(C(=O)NCCOC(C)C(=O)O)cc(OCC)c1OCC. The maximum atomic E-state index is 12.4. The molecule has 0 aliphatic heterocycles. The minimum absolute atomic E-state index is 0.0901. The van der Waals surface area contributed by atoms with Gasteiger partial charge in [-0.2, -0.15) is 0 Å². The van der Waals surface area contributed by atoms with E-state index in [9.17, 15) is 9.59 Å². The number of hydrogen-bond donors (Lipinski definition) is 2. The Hall–Kier alpha value is -2.48. The van der Waals surface area contributed by atoms with Crippen molar-refractivity contribution in [2.24, 2.45) is 0 Å². The number of nitrogens with one attached hydrogen (secondary N) is 1. The molecule has 0 aliphatic rings.